The molecule has 0 aromatic heterocycles. The normalized spacial score (nSPS) is 12.6. The van der Waals surface area contributed by atoms with Crippen LogP contribution in [-0.2, 0) is 10.0 Å². The van der Waals surface area contributed by atoms with Crippen LogP contribution >= 0.6 is 0 Å². The second-order valence-corrected chi connectivity index (χ2v) is 7.24. The fourth-order valence-corrected chi connectivity index (χ4v) is 4.04. The quantitative estimate of drug-likeness (QED) is 0.600. The summed E-state index contributed by atoms with van der Waals surface area (Å²) in [7, 11) is -2.35. The molecule has 25 heavy (non-hydrogen) atoms. The van der Waals surface area contributed by atoms with E-state index in [9.17, 15) is 18.5 Å². The fourth-order valence-electron chi connectivity index (χ4n) is 2.47. The first-order valence-electron chi connectivity index (χ1n) is 7.69. The van der Waals surface area contributed by atoms with Gasteiger partial charge in [-0.15, -0.1) is 0 Å². The first-order valence-corrected chi connectivity index (χ1v) is 9.18. The average molecular weight is 364 g/mol. The Kier molecular flexibility index (Phi) is 5.76. The Morgan fingerprint density at radius 2 is 1.84 bits per heavy atom. The summed E-state index contributed by atoms with van der Waals surface area (Å²) in [5, 5.41) is 10.9. The molecule has 0 saturated heterocycles. The van der Waals surface area contributed by atoms with E-state index in [0.717, 1.165) is 11.6 Å². The Labute approximate surface area is 146 Å². The predicted octanol–water partition coefficient (Wildman–Crippen LogP) is 3.34. The topological polar surface area (TPSA) is 98.5 Å². The molecule has 2 rings (SSSR count). The monoisotopic (exact) mass is 364 g/mol. The number of hydrogen-bond donors (Lipinski definition) is 1. The number of non-ortho nitro benzene ring substituents is 1. The van der Waals surface area contributed by atoms with Gasteiger partial charge >= 0.3 is 0 Å². The molecule has 0 spiro atoms. The van der Waals surface area contributed by atoms with Crippen molar-refractivity contribution < 1.29 is 18.1 Å². The number of methoxy groups -OCH3 is 1. The number of nitrogens with zero attached hydrogens (tertiary/aromatic N) is 1. The van der Waals surface area contributed by atoms with Gasteiger partial charge in [0.05, 0.1) is 16.9 Å². The highest BCUT2D eigenvalue weighted by Crippen LogP contribution is 2.26. The molecule has 0 fully saturated rings. The Morgan fingerprint density at radius 3 is 2.36 bits per heavy atom. The lowest BCUT2D eigenvalue weighted by Crippen LogP contribution is -2.29. The summed E-state index contributed by atoms with van der Waals surface area (Å²) in [6.07, 6.45) is 0.527. The SMILES string of the molecule is CC[C@@H](NS(=O)(=O)c1cc([N+](=O)[O-])ccc1C)c1ccc(OC)cc1. The van der Waals surface area contributed by atoms with Crippen molar-refractivity contribution in [1.82, 2.24) is 4.72 Å². The number of aryl methyl sites for hydroxylation is 1. The summed E-state index contributed by atoms with van der Waals surface area (Å²) < 4.78 is 33.2. The van der Waals surface area contributed by atoms with E-state index in [1.165, 1.54) is 12.1 Å². The van der Waals surface area contributed by atoms with Gasteiger partial charge in [0.1, 0.15) is 5.75 Å². The van der Waals surface area contributed by atoms with Gasteiger partial charge in [-0.2, -0.15) is 0 Å². The molecule has 1 atom stereocenters. The number of sulfonamides is 1. The second kappa shape index (κ2) is 7.62. The third-order valence-electron chi connectivity index (χ3n) is 3.90. The van der Waals surface area contributed by atoms with Gasteiger partial charge in [-0.3, -0.25) is 10.1 Å². The molecular weight excluding hydrogens is 344 g/mol. The van der Waals surface area contributed by atoms with Crippen LogP contribution < -0.4 is 9.46 Å². The molecule has 0 bridgehead atoms. The summed E-state index contributed by atoms with van der Waals surface area (Å²) in [6.45, 7) is 3.46. The number of nitrogens with one attached hydrogen (secondary N) is 1. The summed E-state index contributed by atoms with van der Waals surface area (Å²) in [6, 6.07) is 10.4. The molecule has 7 nitrogen and oxygen atoms in total. The van der Waals surface area contributed by atoms with Crippen LogP contribution in [0.2, 0.25) is 0 Å². The number of nitro groups is 1. The second-order valence-electron chi connectivity index (χ2n) is 5.56. The fraction of sp³-hybridized carbons (Fsp3) is 0.294. The first-order chi connectivity index (χ1) is 11.8. The van der Waals surface area contributed by atoms with Crippen molar-refractivity contribution >= 4 is 15.7 Å². The van der Waals surface area contributed by atoms with Gasteiger partial charge in [0.25, 0.3) is 5.69 Å². The van der Waals surface area contributed by atoms with Gasteiger partial charge in [0.2, 0.25) is 10.0 Å². The summed E-state index contributed by atoms with van der Waals surface area (Å²) in [5.74, 6) is 0.677. The molecule has 0 aliphatic heterocycles. The van der Waals surface area contributed by atoms with E-state index < -0.39 is 21.0 Å². The molecule has 2 aromatic rings. The lowest BCUT2D eigenvalue weighted by molar-refractivity contribution is -0.385. The molecule has 0 aliphatic rings. The molecule has 0 saturated carbocycles. The van der Waals surface area contributed by atoms with E-state index in [0.29, 0.717) is 17.7 Å². The summed E-state index contributed by atoms with van der Waals surface area (Å²) >= 11 is 0. The van der Waals surface area contributed by atoms with Crippen molar-refractivity contribution in [3.63, 3.8) is 0 Å². The van der Waals surface area contributed by atoms with Crippen molar-refractivity contribution in [3.05, 3.63) is 63.7 Å². The Bertz CT molecular complexity index is 863. The number of hydrogen-bond acceptors (Lipinski definition) is 5. The van der Waals surface area contributed by atoms with Gasteiger partial charge in [-0.05, 0) is 36.6 Å². The lowest BCUT2D eigenvalue weighted by atomic mass is 10.1. The van der Waals surface area contributed by atoms with E-state index in [4.69, 9.17) is 4.74 Å². The highest BCUT2D eigenvalue weighted by atomic mass is 32.2. The van der Waals surface area contributed by atoms with E-state index in [1.807, 2.05) is 6.92 Å². The van der Waals surface area contributed by atoms with Crippen molar-refractivity contribution in [2.75, 3.05) is 7.11 Å². The maximum atomic E-state index is 12.7. The van der Waals surface area contributed by atoms with Gasteiger partial charge in [-0.1, -0.05) is 25.1 Å². The van der Waals surface area contributed by atoms with Crippen LogP contribution in [0.15, 0.2) is 47.4 Å². The molecule has 1 N–H and O–H groups in total. The van der Waals surface area contributed by atoms with Crippen molar-refractivity contribution in [1.29, 1.82) is 0 Å². The van der Waals surface area contributed by atoms with Gasteiger partial charge < -0.3 is 4.74 Å². The van der Waals surface area contributed by atoms with Crippen LogP contribution in [0.25, 0.3) is 0 Å². The number of rotatable bonds is 7. The molecule has 2 aromatic carbocycles. The van der Waals surface area contributed by atoms with Crippen LogP contribution in [-0.4, -0.2) is 20.5 Å². The number of benzene rings is 2. The van der Waals surface area contributed by atoms with Crippen molar-refractivity contribution in [3.8, 4) is 5.75 Å². The Hall–Kier alpha value is -2.45. The summed E-state index contributed by atoms with van der Waals surface area (Å²) in [5.41, 5.74) is 0.973. The van der Waals surface area contributed by atoms with Crippen LogP contribution in [0.1, 0.15) is 30.5 Å². The van der Waals surface area contributed by atoms with Crippen molar-refractivity contribution in [2.45, 2.75) is 31.2 Å². The van der Waals surface area contributed by atoms with Crippen LogP contribution in [0.5, 0.6) is 5.75 Å². The van der Waals surface area contributed by atoms with Crippen molar-refractivity contribution in [2.24, 2.45) is 0 Å². The molecule has 134 valence electrons. The highest BCUT2D eigenvalue weighted by Gasteiger charge is 2.24. The first kappa shape index (κ1) is 18.9. The third-order valence-corrected chi connectivity index (χ3v) is 5.51. The molecule has 0 radical (unpaired) electrons. The third kappa shape index (κ3) is 4.34. The minimum Gasteiger partial charge on any atom is -0.497 e. The molecule has 0 amide bonds. The minimum absolute atomic E-state index is 0.0892. The number of nitro benzene ring substituents is 1. The maximum Gasteiger partial charge on any atom is 0.270 e. The van der Waals surface area contributed by atoms with E-state index >= 15 is 0 Å². The van der Waals surface area contributed by atoms with Crippen LogP contribution in [0.4, 0.5) is 5.69 Å². The molecule has 0 aliphatic carbocycles. The Morgan fingerprint density at radius 1 is 1.20 bits per heavy atom. The van der Waals surface area contributed by atoms with E-state index in [-0.39, 0.29) is 10.6 Å². The lowest BCUT2D eigenvalue weighted by Gasteiger charge is -2.18. The van der Waals surface area contributed by atoms with Gasteiger partial charge in [0, 0.05) is 18.2 Å². The maximum absolute atomic E-state index is 12.7. The molecule has 8 heteroatoms. The number of ether oxygens (including phenoxy) is 1. The van der Waals surface area contributed by atoms with E-state index in [2.05, 4.69) is 4.72 Å². The molecule has 0 unspecified atom stereocenters. The van der Waals surface area contributed by atoms with E-state index in [1.54, 1.807) is 38.3 Å². The standard InChI is InChI=1S/C17H20N2O5S/c1-4-16(13-6-9-15(24-3)10-7-13)18-25(22,23)17-11-14(19(20)21)8-5-12(17)2/h5-11,16,18H,4H2,1-3H3/t16-/m1/s1. The zero-order valence-corrected chi connectivity index (χ0v) is 15.0. The minimum atomic E-state index is -3.91. The summed E-state index contributed by atoms with van der Waals surface area (Å²) in [4.78, 5) is 10.2. The zero-order chi connectivity index (χ0) is 18.6. The average Bonchev–Trinajstić information content (AvgIpc) is 2.59. The van der Waals surface area contributed by atoms with Crippen LogP contribution in [0, 0.1) is 17.0 Å². The van der Waals surface area contributed by atoms with Gasteiger partial charge in [0.15, 0.2) is 0 Å². The largest absolute Gasteiger partial charge is 0.497 e. The van der Waals surface area contributed by atoms with Crippen LogP contribution in [0.3, 0.4) is 0 Å². The zero-order valence-electron chi connectivity index (χ0n) is 14.2. The Balaban J connectivity index is 2.35. The smallest absolute Gasteiger partial charge is 0.270 e. The van der Waals surface area contributed by atoms with Gasteiger partial charge in [-0.25, -0.2) is 13.1 Å². The highest BCUT2D eigenvalue weighted by molar-refractivity contribution is 7.89. The molecular formula is C17H20N2O5S. The molecule has 0 heterocycles. The predicted molar refractivity (Wildman–Crippen MR) is 94.2 cm³/mol.